The summed E-state index contributed by atoms with van der Waals surface area (Å²) < 4.78 is 12.2. The summed E-state index contributed by atoms with van der Waals surface area (Å²) in [4.78, 5) is 25.3. The van der Waals surface area contributed by atoms with E-state index in [2.05, 4.69) is 5.32 Å². The number of benzene rings is 2. The van der Waals surface area contributed by atoms with Crippen molar-refractivity contribution in [1.82, 2.24) is 5.32 Å². The Hall–Kier alpha value is -2.43. The summed E-state index contributed by atoms with van der Waals surface area (Å²) in [5, 5.41) is 12.4. The first-order chi connectivity index (χ1) is 19.5. The summed E-state index contributed by atoms with van der Waals surface area (Å²) in [7, 11) is 0. The fourth-order valence-corrected chi connectivity index (χ4v) is 6.05. The molecule has 0 spiro atoms. The number of rotatable bonds is 14. The van der Waals surface area contributed by atoms with E-state index in [4.69, 9.17) is 9.15 Å². The third kappa shape index (κ3) is 9.28. The topological polar surface area (TPSA) is 88.8 Å². The maximum absolute atomic E-state index is 13.5. The number of carbonyl (C=O) groups excluding carboxylic acids is 1. The van der Waals surface area contributed by atoms with Crippen LogP contribution in [0, 0.1) is 12.8 Å². The molecule has 2 N–H and O–H groups in total. The number of carbonyl (C=O) groups is 2. The molecule has 3 aromatic rings. The molecule has 2 aromatic carbocycles. The first kappa shape index (κ1) is 33.1. The third-order valence-corrected chi connectivity index (χ3v) is 8.45. The molecule has 41 heavy (non-hydrogen) atoms. The van der Waals surface area contributed by atoms with Gasteiger partial charge >= 0.3 is 24.8 Å². The number of aliphatic carboxylic acids is 1. The fraction of sp³-hybridized carbons (Fsp3) is 0.455. The van der Waals surface area contributed by atoms with Crippen molar-refractivity contribution in [3.05, 3.63) is 83.3 Å². The number of amides is 1. The molecule has 2 atom stereocenters. The van der Waals surface area contributed by atoms with Gasteiger partial charge in [0.1, 0.15) is 17.9 Å². The van der Waals surface area contributed by atoms with Gasteiger partial charge in [0.15, 0.2) is 0 Å². The van der Waals surface area contributed by atoms with Crippen LogP contribution in [0.4, 0.5) is 0 Å². The van der Waals surface area contributed by atoms with Crippen LogP contribution in [0.2, 0.25) is 0 Å². The summed E-state index contributed by atoms with van der Waals surface area (Å²) in [5.74, 6) is 0.727. The Morgan fingerprint density at radius 3 is 2.54 bits per heavy atom. The van der Waals surface area contributed by atoms with Crippen LogP contribution in [0.1, 0.15) is 84.7 Å². The maximum atomic E-state index is 13.5. The van der Waals surface area contributed by atoms with Crippen LogP contribution in [0.25, 0.3) is 11.1 Å². The number of ether oxygens (including phenoxy) is 1. The molecule has 4 rings (SSSR count). The summed E-state index contributed by atoms with van der Waals surface area (Å²) in [6.07, 6.45) is 12.4. The normalized spacial score (nSPS) is 15.1. The van der Waals surface area contributed by atoms with Crippen molar-refractivity contribution < 1.29 is 23.8 Å². The first-order valence-electron chi connectivity index (χ1n) is 14.4. The van der Waals surface area contributed by atoms with E-state index in [1.807, 2.05) is 61.7 Å². The second-order valence-electron chi connectivity index (χ2n) is 10.7. The molecule has 1 amide bonds. The molecule has 1 heterocycles. The molecule has 6 nitrogen and oxygen atoms in total. The van der Waals surface area contributed by atoms with Gasteiger partial charge in [0.25, 0.3) is 5.91 Å². The van der Waals surface area contributed by atoms with E-state index < -0.39 is 24.0 Å². The SMILES string of the molecule is CSCCC(NC(=O)c1ccc(C(OCCCC2CCCCC2)c2ccco2)cc1-c1ccccc1C)C(=O)O.[LiH]. The van der Waals surface area contributed by atoms with Crippen molar-refractivity contribution in [2.45, 2.75) is 70.4 Å². The molecule has 1 fully saturated rings. The standard InChI is InChI=1S/C33H41NO5S.Li.H/c1-23-10-6-7-14-26(23)28-22-25(16-17-27(28)32(35)34-29(33(36)37)18-21-40-2)31(30-15-9-19-38-30)39-20-8-13-24-11-4-3-5-12-24;;/h6-7,9-10,14-17,19,22,24,29,31H,3-5,8,11-13,18,20-21H2,1-2H3,(H,34,35)(H,36,37);;. The second kappa shape index (κ2) is 16.9. The molecule has 0 saturated heterocycles. The Balaban J connectivity index is 0.00000462. The van der Waals surface area contributed by atoms with Crippen LogP contribution in [-0.2, 0) is 9.53 Å². The number of hydrogen-bond donors (Lipinski definition) is 2. The number of thioether (sulfide) groups is 1. The van der Waals surface area contributed by atoms with Gasteiger partial charge in [0.05, 0.1) is 6.26 Å². The molecule has 216 valence electrons. The van der Waals surface area contributed by atoms with Crippen LogP contribution in [0.15, 0.2) is 65.3 Å². The first-order valence-corrected chi connectivity index (χ1v) is 15.7. The molecular weight excluding hydrogens is 529 g/mol. The quantitative estimate of drug-likeness (QED) is 0.160. The van der Waals surface area contributed by atoms with Gasteiger partial charge in [-0.1, -0.05) is 62.4 Å². The minimum atomic E-state index is -1.03. The van der Waals surface area contributed by atoms with Crippen molar-refractivity contribution in [2.24, 2.45) is 5.92 Å². The van der Waals surface area contributed by atoms with E-state index >= 15 is 0 Å². The van der Waals surface area contributed by atoms with Gasteiger partial charge < -0.3 is 19.6 Å². The fourth-order valence-electron chi connectivity index (χ4n) is 5.58. The average molecular weight is 572 g/mol. The van der Waals surface area contributed by atoms with Gasteiger partial charge in [-0.25, -0.2) is 4.79 Å². The molecule has 1 aliphatic rings. The molecule has 0 aliphatic heterocycles. The van der Waals surface area contributed by atoms with E-state index in [-0.39, 0.29) is 18.9 Å². The van der Waals surface area contributed by atoms with Crippen molar-refractivity contribution in [2.75, 3.05) is 18.6 Å². The Morgan fingerprint density at radius 1 is 1.07 bits per heavy atom. The Morgan fingerprint density at radius 2 is 1.85 bits per heavy atom. The van der Waals surface area contributed by atoms with Crippen LogP contribution in [0.5, 0.6) is 0 Å². The van der Waals surface area contributed by atoms with Gasteiger partial charge in [-0.15, -0.1) is 0 Å². The van der Waals surface area contributed by atoms with Crippen LogP contribution in [0.3, 0.4) is 0 Å². The summed E-state index contributed by atoms with van der Waals surface area (Å²) in [6.45, 7) is 2.63. The van der Waals surface area contributed by atoms with Gasteiger partial charge in [0, 0.05) is 12.2 Å². The molecule has 1 aromatic heterocycles. The average Bonchev–Trinajstić information content (AvgIpc) is 3.50. The molecular formula is C33H42LiNO5S. The predicted octanol–water partition coefficient (Wildman–Crippen LogP) is 7.01. The number of furan rings is 1. The number of nitrogens with one attached hydrogen (secondary N) is 1. The number of aryl methyl sites for hydroxylation is 1. The number of carboxylic acid groups (broad SMARTS) is 1. The molecule has 2 unspecified atom stereocenters. The van der Waals surface area contributed by atoms with Crippen molar-refractivity contribution in [3.8, 4) is 11.1 Å². The van der Waals surface area contributed by atoms with Crippen molar-refractivity contribution in [1.29, 1.82) is 0 Å². The van der Waals surface area contributed by atoms with Gasteiger partial charge in [-0.2, -0.15) is 11.8 Å². The van der Waals surface area contributed by atoms with Crippen LogP contribution in [-0.4, -0.2) is 60.5 Å². The van der Waals surface area contributed by atoms with Gasteiger partial charge in [0.2, 0.25) is 0 Å². The van der Waals surface area contributed by atoms with Crippen molar-refractivity contribution >= 4 is 42.5 Å². The van der Waals surface area contributed by atoms with E-state index in [0.717, 1.165) is 34.6 Å². The number of carboxylic acids is 1. The van der Waals surface area contributed by atoms with E-state index in [0.29, 0.717) is 30.1 Å². The van der Waals surface area contributed by atoms with E-state index in [9.17, 15) is 14.7 Å². The van der Waals surface area contributed by atoms with Crippen LogP contribution >= 0.6 is 11.8 Å². The zero-order valence-corrected chi connectivity index (χ0v) is 24.4. The Kier molecular flexibility index (Phi) is 13.6. The molecule has 8 heteroatoms. The zero-order valence-electron chi connectivity index (χ0n) is 23.6. The van der Waals surface area contributed by atoms with Gasteiger partial charge in [-0.05, 0) is 90.6 Å². The molecule has 1 aliphatic carbocycles. The van der Waals surface area contributed by atoms with Crippen LogP contribution < -0.4 is 5.32 Å². The summed E-state index contributed by atoms with van der Waals surface area (Å²) in [6, 6.07) is 16.4. The Labute approximate surface area is 260 Å². The monoisotopic (exact) mass is 571 g/mol. The molecule has 1 saturated carbocycles. The van der Waals surface area contributed by atoms with E-state index in [1.54, 1.807) is 24.1 Å². The second-order valence-corrected chi connectivity index (χ2v) is 11.7. The number of hydrogen-bond acceptors (Lipinski definition) is 5. The molecule has 0 radical (unpaired) electrons. The van der Waals surface area contributed by atoms with E-state index in [1.165, 1.54) is 38.5 Å². The summed E-state index contributed by atoms with van der Waals surface area (Å²) in [5.41, 5.74) is 4.00. The summed E-state index contributed by atoms with van der Waals surface area (Å²) >= 11 is 1.55. The minimum absolute atomic E-state index is 0. The van der Waals surface area contributed by atoms with Gasteiger partial charge in [-0.3, -0.25) is 4.79 Å². The van der Waals surface area contributed by atoms with Crippen molar-refractivity contribution in [3.63, 3.8) is 0 Å². The third-order valence-electron chi connectivity index (χ3n) is 7.81. The molecule has 0 bridgehead atoms. The predicted molar refractivity (Wildman–Crippen MR) is 168 cm³/mol. The zero-order chi connectivity index (χ0) is 28.3. The Bertz CT molecular complexity index is 1240.